The van der Waals surface area contributed by atoms with Gasteiger partial charge >= 0.3 is 12.0 Å². The van der Waals surface area contributed by atoms with Crippen LogP contribution in [0.2, 0.25) is 0 Å². The summed E-state index contributed by atoms with van der Waals surface area (Å²) in [6.45, 7) is -0.0819. The van der Waals surface area contributed by atoms with Gasteiger partial charge in [-0.3, -0.25) is 0 Å². The fraction of sp³-hybridized carbons (Fsp3) is 0.385. The van der Waals surface area contributed by atoms with Crippen molar-refractivity contribution >= 4 is 17.7 Å². The van der Waals surface area contributed by atoms with Gasteiger partial charge in [-0.25, -0.2) is 14.0 Å². The molecule has 3 N–H and O–H groups in total. The lowest BCUT2D eigenvalue weighted by Crippen LogP contribution is -2.43. The molecule has 1 aromatic carbocycles. The molecule has 1 aliphatic rings. The van der Waals surface area contributed by atoms with Crippen molar-refractivity contribution in [1.82, 2.24) is 4.90 Å². The lowest BCUT2D eigenvalue weighted by molar-refractivity contribution is -0.141. The van der Waals surface area contributed by atoms with E-state index in [-0.39, 0.29) is 24.4 Å². The zero-order valence-electron chi connectivity index (χ0n) is 11.2. The number of aliphatic carboxylic acids is 1. The van der Waals surface area contributed by atoms with E-state index in [1.165, 1.54) is 19.2 Å². The molecule has 1 saturated heterocycles. The van der Waals surface area contributed by atoms with Crippen molar-refractivity contribution < 1.29 is 28.9 Å². The van der Waals surface area contributed by atoms with Crippen LogP contribution in [-0.4, -0.2) is 52.9 Å². The van der Waals surface area contributed by atoms with E-state index < -0.39 is 30.0 Å². The predicted molar refractivity (Wildman–Crippen MR) is 70.7 cm³/mol. The maximum Gasteiger partial charge on any atom is 0.326 e. The molecule has 7 nitrogen and oxygen atoms in total. The Labute approximate surface area is 119 Å². The molecular formula is C13H15FN2O5. The number of hydrogen-bond donors (Lipinski definition) is 3. The summed E-state index contributed by atoms with van der Waals surface area (Å²) in [5.74, 6) is -1.80. The van der Waals surface area contributed by atoms with E-state index in [9.17, 15) is 19.1 Å². The zero-order chi connectivity index (χ0) is 15.6. The second kappa shape index (κ2) is 5.96. The molecule has 1 aromatic rings. The highest BCUT2D eigenvalue weighted by Crippen LogP contribution is 2.23. The molecule has 0 aliphatic carbocycles. The van der Waals surface area contributed by atoms with Crippen LogP contribution in [-0.2, 0) is 4.79 Å². The molecule has 2 rings (SSSR count). The lowest BCUT2D eigenvalue weighted by Gasteiger charge is -2.21. The van der Waals surface area contributed by atoms with Gasteiger partial charge in [0.05, 0.1) is 13.2 Å². The van der Waals surface area contributed by atoms with Crippen LogP contribution in [0.3, 0.4) is 0 Å². The molecule has 1 fully saturated rings. The summed E-state index contributed by atoms with van der Waals surface area (Å²) in [4.78, 5) is 24.1. The summed E-state index contributed by atoms with van der Waals surface area (Å²) in [5.41, 5.74) is 0.170. The van der Waals surface area contributed by atoms with Gasteiger partial charge in [-0.15, -0.1) is 0 Å². The number of carboxylic acid groups (broad SMARTS) is 1. The summed E-state index contributed by atoms with van der Waals surface area (Å²) in [7, 11) is 1.32. The van der Waals surface area contributed by atoms with Crippen molar-refractivity contribution in [2.24, 2.45) is 0 Å². The Bertz CT molecular complexity index is 565. The van der Waals surface area contributed by atoms with Crippen molar-refractivity contribution in [3.05, 3.63) is 24.0 Å². The van der Waals surface area contributed by atoms with Gasteiger partial charge in [-0.2, -0.15) is 0 Å². The summed E-state index contributed by atoms with van der Waals surface area (Å²) in [6, 6.07) is 2.05. The Morgan fingerprint density at radius 1 is 1.48 bits per heavy atom. The average Bonchev–Trinajstić information content (AvgIpc) is 2.81. The number of amides is 2. The van der Waals surface area contributed by atoms with Gasteiger partial charge in [0.25, 0.3) is 0 Å². The molecular weight excluding hydrogens is 283 g/mol. The van der Waals surface area contributed by atoms with Crippen LogP contribution in [0.25, 0.3) is 0 Å². The number of nitrogens with zero attached hydrogens (tertiary/aromatic N) is 1. The minimum absolute atomic E-state index is 0.0280. The number of aliphatic hydroxyl groups is 1. The number of likely N-dealkylation sites (tertiary alicyclic amines) is 1. The Kier molecular flexibility index (Phi) is 4.27. The molecule has 1 heterocycles. The lowest BCUT2D eigenvalue weighted by atomic mass is 10.2. The van der Waals surface area contributed by atoms with Crippen molar-refractivity contribution in [3.8, 4) is 5.75 Å². The summed E-state index contributed by atoms with van der Waals surface area (Å²) in [5, 5.41) is 20.9. The zero-order valence-corrected chi connectivity index (χ0v) is 11.2. The van der Waals surface area contributed by atoms with E-state index in [1.54, 1.807) is 0 Å². The van der Waals surface area contributed by atoms with Gasteiger partial charge in [-0.05, 0) is 12.1 Å². The fourth-order valence-corrected chi connectivity index (χ4v) is 2.21. The third-order valence-electron chi connectivity index (χ3n) is 3.23. The first-order chi connectivity index (χ1) is 9.92. The number of rotatable bonds is 3. The molecule has 2 atom stereocenters. The second-order valence-electron chi connectivity index (χ2n) is 4.68. The number of β-amino-alcohol motifs (C(OH)–C–C–N with tert-alkyl or cyclic N) is 1. The number of hydrogen-bond acceptors (Lipinski definition) is 4. The number of methoxy groups -OCH3 is 1. The molecule has 8 heteroatoms. The van der Waals surface area contributed by atoms with Crippen LogP contribution in [0.5, 0.6) is 5.75 Å². The third-order valence-corrected chi connectivity index (χ3v) is 3.23. The first-order valence-electron chi connectivity index (χ1n) is 6.24. The molecule has 114 valence electrons. The summed E-state index contributed by atoms with van der Waals surface area (Å²) < 4.78 is 18.3. The monoisotopic (exact) mass is 298 g/mol. The maximum atomic E-state index is 13.5. The largest absolute Gasteiger partial charge is 0.494 e. The van der Waals surface area contributed by atoms with Gasteiger partial charge in [0, 0.05) is 24.7 Å². The van der Waals surface area contributed by atoms with Gasteiger partial charge in [0.1, 0.15) is 6.04 Å². The van der Waals surface area contributed by atoms with Crippen LogP contribution in [0.1, 0.15) is 6.42 Å². The van der Waals surface area contributed by atoms with Crippen molar-refractivity contribution in [2.75, 3.05) is 19.0 Å². The van der Waals surface area contributed by atoms with E-state index >= 15 is 0 Å². The number of anilines is 1. The molecule has 21 heavy (non-hydrogen) atoms. The number of carbonyl (C=O) groups excluding carboxylic acids is 1. The number of ether oxygens (including phenoxy) is 1. The van der Waals surface area contributed by atoms with Crippen LogP contribution in [0.4, 0.5) is 14.9 Å². The van der Waals surface area contributed by atoms with Gasteiger partial charge < -0.3 is 25.2 Å². The Morgan fingerprint density at radius 2 is 2.19 bits per heavy atom. The van der Waals surface area contributed by atoms with Gasteiger partial charge in [-0.1, -0.05) is 0 Å². The SMILES string of the molecule is COc1ccc(NC(=O)N2C[C@H](O)C[C@@H]2C(=O)O)cc1F. The average molecular weight is 298 g/mol. The highest BCUT2D eigenvalue weighted by molar-refractivity contribution is 5.92. The van der Waals surface area contributed by atoms with Crippen LogP contribution >= 0.6 is 0 Å². The van der Waals surface area contributed by atoms with E-state index in [0.29, 0.717) is 0 Å². The number of urea groups is 1. The molecule has 0 aromatic heterocycles. The van der Waals surface area contributed by atoms with Crippen LogP contribution in [0.15, 0.2) is 18.2 Å². The van der Waals surface area contributed by atoms with Crippen LogP contribution < -0.4 is 10.1 Å². The minimum Gasteiger partial charge on any atom is -0.494 e. The highest BCUT2D eigenvalue weighted by Gasteiger charge is 2.39. The predicted octanol–water partition coefficient (Wildman–Crippen LogP) is 0.886. The smallest absolute Gasteiger partial charge is 0.326 e. The number of nitrogens with one attached hydrogen (secondary N) is 1. The van der Waals surface area contributed by atoms with Gasteiger partial charge in [0.15, 0.2) is 11.6 Å². The Morgan fingerprint density at radius 3 is 2.76 bits per heavy atom. The minimum atomic E-state index is -1.19. The second-order valence-corrected chi connectivity index (χ2v) is 4.68. The Hall–Kier alpha value is -2.35. The highest BCUT2D eigenvalue weighted by atomic mass is 19.1. The van der Waals surface area contributed by atoms with E-state index in [1.807, 2.05) is 0 Å². The molecule has 0 spiro atoms. The van der Waals surface area contributed by atoms with Crippen LogP contribution in [0, 0.1) is 5.82 Å². The molecule has 2 amide bonds. The molecule has 1 aliphatic heterocycles. The molecule has 0 bridgehead atoms. The summed E-state index contributed by atoms with van der Waals surface area (Å²) in [6.07, 6.45) is -0.913. The number of carbonyl (C=O) groups is 2. The van der Waals surface area contributed by atoms with E-state index in [4.69, 9.17) is 9.84 Å². The molecule has 0 unspecified atom stereocenters. The number of halogens is 1. The fourth-order valence-electron chi connectivity index (χ4n) is 2.21. The molecule has 0 saturated carbocycles. The Balaban J connectivity index is 2.10. The van der Waals surface area contributed by atoms with E-state index in [0.717, 1.165) is 11.0 Å². The molecule has 0 radical (unpaired) electrons. The normalized spacial score (nSPS) is 21.2. The topological polar surface area (TPSA) is 99.1 Å². The van der Waals surface area contributed by atoms with E-state index in [2.05, 4.69) is 5.32 Å². The first-order valence-corrected chi connectivity index (χ1v) is 6.24. The number of benzene rings is 1. The first kappa shape index (κ1) is 15.0. The summed E-state index contributed by atoms with van der Waals surface area (Å²) >= 11 is 0. The maximum absolute atomic E-state index is 13.5. The van der Waals surface area contributed by atoms with Gasteiger partial charge in [0.2, 0.25) is 0 Å². The van der Waals surface area contributed by atoms with Crippen molar-refractivity contribution in [2.45, 2.75) is 18.6 Å². The quantitative estimate of drug-likeness (QED) is 0.769. The number of carboxylic acids is 1. The third kappa shape index (κ3) is 3.22. The number of aliphatic hydroxyl groups excluding tert-OH is 1. The van der Waals surface area contributed by atoms with Crippen molar-refractivity contribution in [1.29, 1.82) is 0 Å². The standard InChI is InChI=1S/C13H15FN2O5/c1-21-11-3-2-7(4-9(11)14)15-13(20)16-6-8(17)5-10(16)12(18)19/h2-4,8,10,17H,5-6H2,1H3,(H,15,20)(H,18,19)/t8-,10-/m1/s1. The van der Waals surface area contributed by atoms with Crippen molar-refractivity contribution in [3.63, 3.8) is 0 Å².